The molecule has 0 spiro atoms. The summed E-state index contributed by atoms with van der Waals surface area (Å²) in [7, 11) is 0. The first-order valence-electron chi connectivity index (χ1n) is 6.19. The Bertz CT molecular complexity index is 695. The number of fused-ring (bicyclic) bond motifs is 1. The highest BCUT2D eigenvalue weighted by Crippen LogP contribution is 2.22. The number of aromatic hydroxyl groups is 1. The van der Waals surface area contributed by atoms with E-state index in [1.54, 1.807) is 6.07 Å². The number of anilines is 1. The fourth-order valence-corrected chi connectivity index (χ4v) is 2.02. The standard InChI is InChI=1S/C16H14N2O/c19-15-8-4-5-12-9-10-14(18-16(12)15)11-17-13-6-2-1-3-7-13/h1-10,17,19H,11H2. The lowest BCUT2D eigenvalue weighted by atomic mass is 10.2. The van der Waals surface area contributed by atoms with E-state index in [1.807, 2.05) is 54.6 Å². The van der Waals surface area contributed by atoms with Crippen LogP contribution in [0.15, 0.2) is 60.7 Å². The van der Waals surface area contributed by atoms with Crippen LogP contribution in [0.3, 0.4) is 0 Å². The second kappa shape index (κ2) is 4.98. The lowest BCUT2D eigenvalue weighted by Crippen LogP contribution is -2.01. The van der Waals surface area contributed by atoms with E-state index in [0.29, 0.717) is 12.1 Å². The summed E-state index contributed by atoms with van der Waals surface area (Å²) in [5.74, 6) is 0.221. The Labute approximate surface area is 111 Å². The number of phenols is 1. The van der Waals surface area contributed by atoms with E-state index in [1.165, 1.54) is 0 Å². The van der Waals surface area contributed by atoms with Gasteiger partial charge in [0, 0.05) is 11.1 Å². The van der Waals surface area contributed by atoms with E-state index < -0.39 is 0 Å². The molecular formula is C16H14N2O. The van der Waals surface area contributed by atoms with Crippen molar-refractivity contribution in [2.45, 2.75) is 6.54 Å². The van der Waals surface area contributed by atoms with E-state index in [2.05, 4.69) is 10.3 Å². The summed E-state index contributed by atoms with van der Waals surface area (Å²) in [6.07, 6.45) is 0. The lowest BCUT2D eigenvalue weighted by Gasteiger charge is -2.07. The van der Waals surface area contributed by atoms with Crippen molar-refractivity contribution in [3.63, 3.8) is 0 Å². The van der Waals surface area contributed by atoms with Crippen molar-refractivity contribution in [3.05, 3.63) is 66.4 Å². The monoisotopic (exact) mass is 250 g/mol. The second-order valence-corrected chi connectivity index (χ2v) is 4.37. The molecule has 94 valence electrons. The molecule has 0 unspecified atom stereocenters. The third-order valence-electron chi connectivity index (χ3n) is 3.00. The second-order valence-electron chi connectivity index (χ2n) is 4.37. The van der Waals surface area contributed by atoms with Gasteiger partial charge in [-0.25, -0.2) is 4.98 Å². The van der Waals surface area contributed by atoms with Crippen LogP contribution in [-0.4, -0.2) is 10.1 Å². The van der Waals surface area contributed by atoms with Crippen LogP contribution in [-0.2, 0) is 6.54 Å². The minimum absolute atomic E-state index is 0.221. The molecule has 0 atom stereocenters. The number of phenolic OH excluding ortho intramolecular Hbond substituents is 1. The van der Waals surface area contributed by atoms with Gasteiger partial charge in [-0.05, 0) is 24.3 Å². The van der Waals surface area contributed by atoms with Gasteiger partial charge in [0.2, 0.25) is 0 Å². The van der Waals surface area contributed by atoms with Gasteiger partial charge in [-0.1, -0.05) is 36.4 Å². The number of benzene rings is 2. The van der Waals surface area contributed by atoms with Crippen LogP contribution in [0.1, 0.15) is 5.69 Å². The van der Waals surface area contributed by atoms with Crippen molar-refractivity contribution >= 4 is 16.6 Å². The Morgan fingerprint density at radius 2 is 1.74 bits per heavy atom. The topological polar surface area (TPSA) is 45.1 Å². The predicted molar refractivity (Wildman–Crippen MR) is 77.2 cm³/mol. The quantitative estimate of drug-likeness (QED) is 0.747. The summed E-state index contributed by atoms with van der Waals surface area (Å²) in [6.45, 7) is 0.633. The number of rotatable bonds is 3. The zero-order valence-corrected chi connectivity index (χ0v) is 10.4. The summed E-state index contributed by atoms with van der Waals surface area (Å²) in [6, 6.07) is 19.3. The Balaban J connectivity index is 1.84. The molecule has 3 nitrogen and oxygen atoms in total. The fraction of sp³-hybridized carbons (Fsp3) is 0.0625. The number of nitrogens with zero attached hydrogens (tertiary/aromatic N) is 1. The van der Waals surface area contributed by atoms with Gasteiger partial charge in [-0.2, -0.15) is 0 Å². The van der Waals surface area contributed by atoms with E-state index >= 15 is 0 Å². The molecule has 1 heterocycles. The molecule has 0 saturated carbocycles. The summed E-state index contributed by atoms with van der Waals surface area (Å²) < 4.78 is 0. The van der Waals surface area contributed by atoms with Gasteiger partial charge < -0.3 is 10.4 Å². The molecule has 0 aliphatic heterocycles. The average molecular weight is 250 g/mol. The first-order valence-corrected chi connectivity index (χ1v) is 6.19. The molecule has 0 fully saturated rings. The van der Waals surface area contributed by atoms with Crippen molar-refractivity contribution in [1.29, 1.82) is 0 Å². The number of hydrogen-bond acceptors (Lipinski definition) is 3. The highest BCUT2D eigenvalue weighted by molar-refractivity contribution is 5.84. The number of pyridine rings is 1. The zero-order chi connectivity index (χ0) is 13.1. The van der Waals surface area contributed by atoms with E-state index in [-0.39, 0.29) is 5.75 Å². The van der Waals surface area contributed by atoms with Crippen LogP contribution in [0.2, 0.25) is 0 Å². The van der Waals surface area contributed by atoms with Gasteiger partial charge >= 0.3 is 0 Å². The van der Waals surface area contributed by atoms with Gasteiger partial charge in [0.15, 0.2) is 0 Å². The maximum Gasteiger partial charge on any atom is 0.141 e. The normalized spacial score (nSPS) is 10.5. The van der Waals surface area contributed by atoms with Gasteiger partial charge in [0.05, 0.1) is 12.2 Å². The molecule has 0 amide bonds. The van der Waals surface area contributed by atoms with Crippen LogP contribution < -0.4 is 5.32 Å². The number of para-hydroxylation sites is 2. The van der Waals surface area contributed by atoms with E-state index in [4.69, 9.17) is 0 Å². The number of aromatic nitrogens is 1. The summed E-state index contributed by atoms with van der Waals surface area (Å²) in [5.41, 5.74) is 2.61. The molecule has 0 bridgehead atoms. The Kier molecular flexibility index (Phi) is 3.02. The maximum atomic E-state index is 9.80. The molecule has 2 N–H and O–H groups in total. The maximum absolute atomic E-state index is 9.80. The summed E-state index contributed by atoms with van der Waals surface area (Å²) in [5, 5.41) is 14.0. The molecule has 3 aromatic rings. The van der Waals surface area contributed by atoms with Crippen LogP contribution in [0.5, 0.6) is 5.75 Å². The SMILES string of the molecule is Oc1cccc2ccc(CNc3ccccc3)nc12. The number of nitrogens with one attached hydrogen (secondary N) is 1. The third kappa shape index (κ3) is 2.50. The Morgan fingerprint density at radius 3 is 2.58 bits per heavy atom. The minimum atomic E-state index is 0.221. The highest BCUT2D eigenvalue weighted by atomic mass is 16.3. The van der Waals surface area contributed by atoms with E-state index in [9.17, 15) is 5.11 Å². The lowest BCUT2D eigenvalue weighted by molar-refractivity contribution is 0.480. The van der Waals surface area contributed by atoms with Crippen molar-refractivity contribution in [2.75, 3.05) is 5.32 Å². The van der Waals surface area contributed by atoms with Crippen molar-refractivity contribution in [1.82, 2.24) is 4.98 Å². The molecular weight excluding hydrogens is 236 g/mol. The molecule has 0 aliphatic rings. The Morgan fingerprint density at radius 1 is 0.895 bits per heavy atom. The largest absolute Gasteiger partial charge is 0.506 e. The van der Waals surface area contributed by atoms with Crippen LogP contribution in [0, 0.1) is 0 Å². The summed E-state index contributed by atoms with van der Waals surface area (Å²) in [4.78, 5) is 4.48. The van der Waals surface area contributed by atoms with Crippen molar-refractivity contribution in [3.8, 4) is 5.75 Å². The molecule has 19 heavy (non-hydrogen) atoms. The van der Waals surface area contributed by atoms with Crippen LogP contribution in [0.25, 0.3) is 10.9 Å². The van der Waals surface area contributed by atoms with Crippen molar-refractivity contribution < 1.29 is 5.11 Å². The highest BCUT2D eigenvalue weighted by Gasteiger charge is 2.02. The molecule has 0 radical (unpaired) electrons. The third-order valence-corrected chi connectivity index (χ3v) is 3.00. The predicted octanol–water partition coefficient (Wildman–Crippen LogP) is 3.55. The fourth-order valence-electron chi connectivity index (χ4n) is 2.02. The molecule has 0 saturated heterocycles. The van der Waals surface area contributed by atoms with Gasteiger partial charge in [0.25, 0.3) is 0 Å². The molecule has 2 aromatic carbocycles. The van der Waals surface area contributed by atoms with Gasteiger partial charge in [-0.3, -0.25) is 0 Å². The summed E-state index contributed by atoms with van der Waals surface area (Å²) >= 11 is 0. The average Bonchev–Trinajstić information content (AvgIpc) is 2.47. The van der Waals surface area contributed by atoms with Crippen LogP contribution in [0.4, 0.5) is 5.69 Å². The molecule has 3 heteroatoms. The van der Waals surface area contributed by atoms with Crippen molar-refractivity contribution in [2.24, 2.45) is 0 Å². The zero-order valence-electron chi connectivity index (χ0n) is 10.4. The minimum Gasteiger partial charge on any atom is -0.506 e. The smallest absolute Gasteiger partial charge is 0.141 e. The van der Waals surface area contributed by atoms with Gasteiger partial charge in [0.1, 0.15) is 11.3 Å². The first-order chi connectivity index (χ1) is 9.33. The molecule has 3 rings (SSSR count). The number of hydrogen-bond donors (Lipinski definition) is 2. The van der Waals surface area contributed by atoms with Gasteiger partial charge in [-0.15, -0.1) is 0 Å². The van der Waals surface area contributed by atoms with Crippen LogP contribution >= 0.6 is 0 Å². The molecule has 1 aromatic heterocycles. The van der Waals surface area contributed by atoms with E-state index in [0.717, 1.165) is 16.8 Å². The first kappa shape index (κ1) is 11.5. The Hall–Kier alpha value is -2.55. The molecule has 0 aliphatic carbocycles.